The molecule has 6 heteroatoms. The lowest BCUT2D eigenvalue weighted by molar-refractivity contribution is 0.217. The molecule has 1 rings (SSSR count). The topological polar surface area (TPSA) is 44.4 Å². The second kappa shape index (κ2) is 6.50. The van der Waals surface area contributed by atoms with E-state index in [1.165, 1.54) is 5.01 Å². The molecule has 2 N–H and O–H groups in total. The van der Waals surface area contributed by atoms with Gasteiger partial charge in [0.2, 0.25) is 0 Å². The fraction of sp³-hybridized carbons (Fsp3) is 0.222. The Balaban J connectivity index is 2.43. The van der Waals surface area contributed by atoms with Crippen LogP contribution in [0, 0.1) is 0 Å². The number of hydrazine groups is 1. The fourth-order valence-electron chi connectivity index (χ4n) is 0.916. The third-order valence-corrected chi connectivity index (χ3v) is 2.16. The molecule has 0 radical (unpaired) electrons. The number of hydrogen-bond donors (Lipinski definition) is 2. The van der Waals surface area contributed by atoms with Gasteiger partial charge in [-0.2, -0.15) is 5.01 Å². The number of hydrogen-bond acceptors (Lipinski definition) is 2. The summed E-state index contributed by atoms with van der Waals surface area (Å²) >= 11 is 11.0. The lowest BCUT2D eigenvalue weighted by Gasteiger charge is -2.17. The van der Waals surface area contributed by atoms with E-state index in [4.69, 9.17) is 23.2 Å². The molecular formula is C9H11Cl2N3O. The van der Waals surface area contributed by atoms with Crippen LogP contribution in [0.3, 0.4) is 0 Å². The maximum Gasteiger partial charge on any atom is 0.333 e. The highest BCUT2D eigenvalue weighted by molar-refractivity contribution is 6.20. The van der Waals surface area contributed by atoms with Crippen LogP contribution in [0.2, 0.25) is 0 Å². The number of carbonyl (C=O) groups is 1. The van der Waals surface area contributed by atoms with E-state index in [0.717, 1.165) is 0 Å². The van der Waals surface area contributed by atoms with Crippen molar-refractivity contribution in [1.29, 1.82) is 0 Å². The summed E-state index contributed by atoms with van der Waals surface area (Å²) < 4.78 is 0. The number of nitrogens with one attached hydrogen (secondary N) is 2. The molecule has 2 amide bonds. The molecule has 0 aliphatic rings. The average Bonchev–Trinajstić information content (AvgIpc) is 2.27. The Labute approximate surface area is 98.1 Å². The molecular weight excluding hydrogens is 237 g/mol. The lowest BCUT2D eigenvalue weighted by Crippen LogP contribution is -2.43. The van der Waals surface area contributed by atoms with Crippen molar-refractivity contribution in [2.45, 2.75) is 0 Å². The van der Waals surface area contributed by atoms with Crippen LogP contribution < -0.4 is 10.7 Å². The van der Waals surface area contributed by atoms with Crippen molar-refractivity contribution < 1.29 is 4.79 Å². The summed E-state index contributed by atoms with van der Waals surface area (Å²) in [7, 11) is 0. The average molecular weight is 248 g/mol. The number of para-hydroxylation sites is 1. The number of halogens is 2. The summed E-state index contributed by atoms with van der Waals surface area (Å²) in [5.41, 5.74) is 3.19. The van der Waals surface area contributed by atoms with Crippen molar-refractivity contribution in [3.05, 3.63) is 30.3 Å². The summed E-state index contributed by atoms with van der Waals surface area (Å²) in [6.45, 7) is 0. The number of benzene rings is 1. The van der Waals surface area contributed by atoms with Gasteiger partial charge in [-0.15, -0.1) is 23.2 Å². The van der Waals surface area contributed by atoms with E-state index in [9.17, 15) is 4.79 Å². The van der Waals surface area contributed by atoms with E-state index in [1.807, 2.05) is 18.2 Å². The number of nitrogens with zero attached hydrogens (tertiary/aromatic N) is 1. The van der Waals surface area contributed by atoms with Gasteiger partial charge in [-0.25, -0.2) is 4.79 Å². The summed E-state index contributed by atoms with van der Waals surface area (Å²) in [5, 5.41) is 3.99. The number of anilines is 1. The summed E-state index contributed by atoms with van der Waals surface area (Å²) in [6, 6.07) is 8.98. The predicted octanol–water partition coefficient (Wildman–Crippen LogP) is 2.42. The number of urea groups is 1. The molecule has 0 heterocycles. The second-order valence-corrected chi connectivity index (χ2v) is 3.19. The minimum atomic E-state index is -0.373. The predicted molar refractivity (Wildman–Crippen MR) is 61.9 cm³/mol. The van der Waals surface area contributed by atoms with Gasteiger partial charge in [-0.05, 0) is 12.1 Å². The normalized spacial score (nSPS) is 10.1. The zero-order valence-corrected chi connectivity index (χ0v) is 9.42. The zero-order valence-electron chi connectivity index (χ0n) is 7.91. The fourth-order valence-corrected chi connectivity index (χ4v) is 1.29. The van der Waals surface area contributed by atoms with Gasteiger partial charge in [-0.1, -0.05) is 18.2 Å². The Kier molecular flexibility index (Phi) is 5.25. The van der Waals surface area contributed by atoms with Gasteiger partial charge >= 0.3 is 6.03 Å². The third kappa shape index (κ3) is 4.38. The van der Waals surface area contributed by atoms with Gasteiger partial charge in [0.15, 0.2) is 0 Å². The Morgan fingerprint density at radius 1 is 1.20 bits per heavy atom. The van der Waals surface area contributed by atoms with E-state index >= 15 is 0 Å². The molecule has 0 aliphatic heterocycles. The van der Waals surface area contributed by atoms with Crippen molar-refractivity contribution in [3.8, 4) is 0 Å². The van der Waals surface area contributed by atoms with E-state index < -0.39 is 0 Å². The molecule has 0 saturated heterocycles. The van der Waals surface area contributed by atoms with Gasteiger partial charge in [-0.3, -0.25) is 5.43 Å². The van der Waals surface area contributed by atoms with Crippen molar-refractivity contribution in [3.63, 3.8) is 0 Å². The lowest BCUT2D eigenvalue weighted by atomic mass is 10.3. The molecule has 0 unspecified atom stereocenters. The highest BCUT2D eigenvalue weighted by Crippen LogP contribution is 2.04. The van der Waals surface area contributed by atoms with Gasteiger partial charge in [0.05, 0.1) is 12.0 Å². The van der Waals surface area contributed by atoms with Gasteiger partial charge in [0.25, 0.3) is 0 Å². The molecule has 0 spiro atoms. The van der Waals surface area contributed by atoms with Crippen molar-refractivity contribution in [2.24, 2.45) is 0 Å². The standard InChI is InChI=1S/C9H11Cl2N3O/c10-6-14(7-11)13-9(15)12-8-4-2-1-3-5-8/h1-5H,6-7H2,(H2,12,13,15). The zero-order chi connectivity index (χ0) is 11.1. The van der Waals surface area contributed by atoms with Gasteiger partial charge < -0.3 is 5.32 Å². The molecule has 0 atom stereocenters. The quantitative estimate of drug-likeness (QED) is 0.488. The van der Waals surface area contributed by atoms with E-state index in [0.29, 0.717) is 5.69 Å². The van der Waals surface area contributed by atoms with Crippen LogP contribution in [0.25, 0.3) is 0 Å². The number of alkyl halides is 2. The van der Waals surface area contributed by atoms with Crippen molar-refractivity contribution in [1.82, 2.24) is 10.4 Å². The van der Waals surface area contributed by atoms with Crippen molar-refractivity contribution >= 4 is 34.9 Å². The van der Waals surface area contributed by atoms with Crippen LogP contribution in [0.4, 0.5) is 10.5 Å². The largest absolute Gasteiger partial charge is 0.333 e. The molecule has 0 aromatic heterocycles. The molecule has 0 fully saturated rings. The third-order valence-electron chi connectivity index (χ3n) is 1.58. The first kappa shape index (κ1) is 12.1. The molecule has 82 valence electrons. The van der Waals surface area contributed by atoms with Crippen LogP contribution >= 0.6 is 23.2 Å². The summed E-state index contributed by atoms with van der Waals surface area (Å²) in [5.74, 6) is 0. The smallest absolute Gasteiger partial charge is 0.307 e. The molecule has 15 heavy (non-hydrogen) atoms. The maximum absolute atomic E-state index is 11.4. The van der Waals surface area contributed by atoms with Crippen LogP contribution in [-0.4, -0.2) is 23.0 Å². The number of carbonyl (C=O) groups excluding carboxylic acids is 1. The Bertz CT molecular complexity index is 303. The molecule has 4 nitrogen and oxygen atoms in total. The van der Waals surface area contributed by atoms with E-state index in [-0.39, 0.29) is 18.0 Å². The maximum atomic E-state index is 11.4. The second-order valence-electron chi connectivity index (χ2n) is 2.71. The van der Waals surface area contributed by atoms with E-state index in [2.05, 4.69) is 10.7 Å². The minimum absolute atomic E-state index is 0.131. The van der Waals surface area contributed by atoms with Crippen LogP contribution in [0.15, 0.2) is 30.3 Å². The number of rotatable bonds is 4. The highest BCUT2D eigenvalue weighted by atomic mass is 35.5. The SMILES string of the molecule is O=C(Nc1ccccc1)NN(CCl)CCl. The Morgan fingerprint density at radius 3 is 2.33 bits per heavy atom. The monoisotopic (exact) mass is 247 g/mol. The van der Waals surface area contributed by atoms with E-state index in [1.54, 1.807) is 12.1 Å². The van der Waals surface area contributed by atoms with Crippen LogP contribution in [-0.2, 0) is 0 Å². The highest BCUT2D eigenvalue weighted by Gasteiger charge is 2.06. The molecule has 0 saturated carbocycles. The van der Waals surface area contributed by atoms with Gasteiger partial charge in [0.1, 0.15) is 0 Å². The van der Waals surface area contributed by atoms with Crippen molar-refractivity contribution in [2.75, 3.05) is 17.3 Å². The molecule has 1 aromatic carbocycles. The van der Waals surface area contributed by atoms with Crippen LogP contribution in [0.5, 0.6) is 0 Å². The molecule has 0 aliphatic carbocycles. The first-order valence-electron chi connectivity index (χ1n) is 4.26. The first-order valence-corrected chi connectivity index (χ1v) is 5.32. The molecule has 1 aromatic rings. The molecule has 0 bridgehead atoms. The first-order chi connectivity index (χ1) is 7.26. The Morgan fingerprint density at radius 2 is 1.80 bits per heavy atom. The minimum Gasteiger partial charge on any atom is -0.307 e. The van der Waals surface area contributed by atoms with Crippen LogP contribution in [0.1, 0.15) is 0 Å². The summed E-state index contributed by atoms with van der Waals surface area (Å²) in [4.78, 5) is 11.4. The summed E-state index contributed by atoms with van der Waals surface area (Å²) in [6.07, 6.45) is 0. The Hall–Kier alpha value is -0.970. The number of amides is 2. The van der Waals surface area contributed by atoms with Gasteiger partial charge in [0, 0.05) is 5.69 Å².